The maximum Gasteiger partial charge on any atom is 0.121 e. The first kappa shape index (κ1) is 11.5. The summed E-state index contributed by atoms with van der Waals surface area (Å²) in [5.41, 5.74) is 1.75. The normalized spacial score (nSPS) is 9.67. The van der Waals surface area contributed by atoms with Crippen LogP contribution >= 0.6 is 0 Å². The van der Waals surface area contributed by atoms with Gasteiger partial charge in [-0.25, -0.2) is 0 Å². The van der Waals surface area contributed by atoms with Gasteiger partial charge in [0.25, 0.3) is 0 Å². The van der Waals surface area contributed by atoms with E-state index in [4.69, 9.17) is 14.7 Å². The molecule has 0 fully saturated rings. The van der Waals surface area contributed by atoms with E-state index in [1.54, 1.807) is 13.2 Å². The fourth-order valence-corrected chi connectivity index (χ4v) is 1.26. The summed E-state index contributed by atoms with van der Waals surface area (Å²) in [4.78, 5) is 0. The molecule has 80 valence electrons. The van der Waals surface area contributed by atoms with Crippen molar-refractivity contribution in [1.82, 2.24) is 0 Å². The van der Waals surface area contributed by atoms with Crippen LogP contribution in [0.15, 0.2) is 18.2 Å². The van der Waals surface area contributed by atoms with Crippen LogP contribution in [0.25, 0.3) is 0 Å². The van der Waals surface area contributed by atoms with Gasteiger partial charge >= 0.3 is 0 Å². The van der Waals surface area contributed by atoms with Crippen LogP contribution in [0.5, 0.6) is 5.75 Å². The Labute approximate surface area is 90.2 Å². The molecule has 0 saturated carbocycles. The Balaban J connectivity index is 2.74. The van der Waals surface area contributed by atoms with Crippen molar-refractivity contribution in [2.45, 2.75) is 13.3 Å². The summed E-state index contributed by atoms with van der Waals surface area (Å²) >= 11 is 0. The minimum atomic E-state index is 0.508. The van der Waals surface area contributed by atoms with Crippen LogP contribution in [0.2, 0.25) is 0 Å². The molecule has 0 aliphatic heterocycles. The molecular weight excluding hydrogens is 190 g/mol. The highest BCUT2D eigenvalue weighted by atomic mass is 16.5. The Hall–Kier alpha value is -1.53. The molecule has 0 bridgehead atoms. The molecule has 1 aromatic carbocycles. The van der Waals surface area contributed by atoms with E-state index >= 15 is 0 Å². The van der Waals surface area contributed by atoms with Crippen molar-refractivity contribution in [1.29, 1.82) is 5.26 Å². The van der Waals surface area contributed by atoms with Gasteiger partial charge in [0.1, 0.15) is 12.4 Å². The number of nitrogens with zero attached hydrogens (tertiary/aromatic N) is 1. The summed E-state index contributed by atoms with van der Waals surface area (Å²) in [6.07, 6.45) is 0.899. The van der Waals surface area contributed by atoms with E-state index in [-0.39, 0.29) is 0 Å². The van der Waals surface area contributed by atoms with E-state index in [9.17, 15) is 0 Å². The van der Waals surface area contributed by atoms with Crippen molar-refractivity contribution < 1.29 is 9.47 Å². The Morgan fingerprint density at radius 2 is 2.07 bits per heavy atom. The molecule has 3 nitrogen and oxygen atoms in total. The lowest BCUT2D eigenvalue weighted by molar-refractivity contribution is 0.146. The molecule has 0 aromatic heterocycles. The Morgan fingerprint density at radius 3 is 2.67 bits per heavy atom. The average Bonchev–Trinajstić information content (AvgIpc) is 2.29. The van der Waals surface area contributed by atoms with Crippen molar-refractivity contribution in [3.8, 4) is 11.8 Å². The first-order chi connectivity index (χ1) is 7.30. The second kappa shape index (κ2) is 6.05. The monoisotopic (exact) mass is 205 g/mol. The summed E-state index contributed by atoms with van der Waals surface area (Å²) in [6.45, 7) is 3.11. The zero-order valence-corrected chi connectivity index (χ0v) is 9.12. The number of benzene rings is 1. The third kappa shape index (κ3) is 3.61. The van der Waals surface area contributed by atoms with Gasteiger partial charge in [-0.2, -0.15) is 5.26 Å². The number of hydrogen-bond donors (Lipinski definition) is 0. The van der Waals surface area contributed by atoms with Crippen molar-refractivity contribution >= 4 is 0 Å². The molecule has 0 amide bonds. The SMILES string of the molecule is CCc1cc(C#N)cc(OCCOC)c1. The fourth-order valence-electron chi connectivity index (χ4n) is 1.26. The van der Waals surface area contributed by atoms with Crippen LogP contribution in [0.3, 0.4) is 0 Å². The highest BCUT2D eigenvalue weighted by Gasteiger charge is 2.00. The van der Waals surface area contributed by atoms with E-state index in [1.807, 2.05) is 12.1 Å². The highest BCUT2D eigenvalue weighted by molar-refractivity contribution is 5.40. The molecule has 1 rings (SSSR count). The molecule has 0 radical (unpaired) electrons. The van der Waals surface area contributed by atoms with E-state index in [1.165, 1.54) is 0 Å². The number of ether oxygens (including phenoxy) is 2. The van der Waals surface area contributed by atoms with Crippen molar-refractivity contribution in [3.05, 3.63) is 29.3 Å². The fraction of sp³-hybridized carbons (Fsp3) is 0.417. The second-order valence-corrected chi connectivity index (χ2v) is 3.17. The van der Waals surface area contributed by atoms with Gasteiger partial charge in [0.05, 0.1) is 18.2 Å². The predicted molar refractivity (Wildman–Crippen MR) is 57.9 cm³/mol. The number of rotatable bonds is 5. The third-order valence-electron chi connectivity index (χ3n) is 2.06. The minimum absolute atomic E-state index is 0.508. The lowest BCUT2D eigenvalue weighted by atomic mass is 10.1. The van der Waals surface area contributed by atoms with E-state index in [0.717, 1.165) is 17.7 Å². The topological polar surface area (TPSA) is 42.2 Å². The molecule has 0 unspecified atom stereocenters. The maximum absolute atomic E-state index is 8.82. The average molecular weight is 205 g/mol. The molecule has 3 heteroatoms. The van der Waals surface area contributed by atoms with Crippen LogP contribution < -0.4 is 4.74 Å². The van der Waals surface area contributed by atoms with Gasteiger partial charge in [0.2, 0.25) is 0 Å². The van der Waals surface area contributed by atoms with E-state index in [2.05, 4.69) is 13.0 Å². The number of aryl methyl sites for hydroxylation is 1. The lowest BCUT2D eigenvalue weighted by Crippen LogP contribution is -2.04. The van der Waals surface area contributed by atoms with Gasteiger partial charge in [0, 0.05) is 7.11 Å². The second-order valence-electron chi connectivity index (χ2n) is 3.17. The smallest absolute Gasteiger partial charge is 0.121 e. The van der Waals surface area contributed by atoms with Gasteiger partial charge in [-0.15, -0.1) is 0 Å². The van der Waals surface area contributed by atoms with Crippen molar-refractivity contribution in [2.75, 3.05) is 20.3 Å². The molecule has 0 heterocycles. The highest BCUT2D eigenvalue weighted by Crippen LogP contribution is 2.17. The largest absolute Gasteiger partial charge is 0.491 e. The molecule has 0 spiro atoms. The van der Waals surface area contributed by atoms with E-state index in [0.29, 0.717) is 18.8 Å². The molecule has 1 aromatic rings. The number of nitriles is 1. The van der Waals surface area contributed by atoms with Crippen LogP contribution in [0, 0.1) is 11.3 Å². The van der Waals surface area contributed by atoms with Gasteiger partial charge in [-0.1, -0.05) is 6.92 Å². The maximum atomic E-state index is 8.82. The van der Waals surface area contributed by atoms with Crippen LogP contribution in [-0.4, -0.2) is 20.3 Å². The lowest BCUT2D eigenvalue weighted by Gasteiger charge is -2.07. The van der Waals surface area contributed by atoms with E-state index < -0.39 is 0 Å². The minimum Gasteiger partial charge on any atom is -0.491 e. The molecule has 0 N–H and O–H groups in total. The van der Waals surface area contributed by atoms with Gasteiger partial charge in [-0.05, 0) is 30.2 Å². The van der Waals surface area contributed by atoms with Gasteiger partial charge < -0.3 is 9.47 Å². The summed E-state index contributed by atoms with van der Waals surface area (Å²) in [5.74, 6) is 0.739. The van der Waals surface area contributed by atoms with Gasteiger partial charge in [-0.3, -0.25) is 0 Å². The molecule has 0 atom stereocenters. The zero-order chi connectivity index (χ0) is 11.1. The first-order valence-electron chi connectivity index (χ1n) is 4.96. The molecule has 0 saturated heterocycles. The Bertz CT molecular complexity index is 355. The summed E-state index contributed by atoms with van der Waals surface area (Å²) in [5, 5.41) is 8.82. The van der Waals surface area contributed by atoms with Crippen LogP contribution in [0.4, 0.5) is 0 Å². The number of methoxy groups -OCH3 is 1. The predicted octanol–water partition coefficient (Wildman–Crippen LogP) is 2.15. The summed E-state index contributed by atoms with van der Waals surface area (Å²) in [7, 11) is 1.63. The molecule has 15 heavy (non-hydrogen) atoms. The molecule has 0 aliphatic rings. The summed E-state index contributed by atoms with van der Waals surface area (Å²) in [6, 6.07) is 7.70. The number of hydrogen-bond acceptors (Lipinski definition) is 3. The zero-order valence-electron chi connectivity index (χ0n) is 9.12. The first-order valence-corrected chi connectivity index (χ1v) is 4.96. The molecular formula is C12H15NO2. The standard InChI is InChI=1S/C12H15NO2/c1-3-10-6-11(9-13)8-12(7-10)15-5-4-14-2/h6-8H,3-5H2,1-2H3. The Morgan fingerprint density at radius 1 is 1.27 bits per heavy atom. The third-order valence-corrected chi connectivity index (χ3v) is 2.06. The van der Waals surface area contributed by atoms with Crippen molar-refractivity contribution in [2.24, 2.45) is 0 Å². The quantitative estimate of drug-likeness (QED) is 0.692. The van der Waals surface area contributed by atoms with Crippen LogP contribution in [0.1, 0.15) is 18.1 Å². The van der Waals surface area contributed by atoms with Gasteiger partial charge in [0.15, 0.2) is 0 Å². The molecule has 0 aliphatic carbocycles. The van der Waals surface area contributed by atoms with Crippen LogP contribution in [-0.2, 0) is 11.2 Å². The van der Waals surface area contributed by atoms with Crippen molar-refractivity contribution in [3.63, 3.8) is 0 Å². The summed E-state index contributed by atoms with van der Waals surface area (Å²) < 4.78 is 10.3. The Kier molecular flexibility index (Phi) is 4.65.